The van der Waals surface area contributed by atoms with Crippen LogP contribution >= 0.6 is 0 Å². The van der Waals surface area contributed by atoms with E-state index in [-0.39, 0.29) is 30.7 Å². The lowest BCUT2D eigenvalue weighted by Gasteiger charge is -2.14. The molecule has 6 heteroatoms. The van der Waals surface area contributed by atoms with Crippen molar-refractivity contribution in [3.05, 3.63) is 35.1 Å². The molecule has 1 aromatic carbocycles. The molecule has 1 aromatic rings. The summed E-state index contributed by atoms with van der Waals surface area (Å²) in [6, 6.07) is 4.86. The van der Waals surface area contributed by atoms with E-state index in [0.29, 0.717) is 30.6 Å². The fourth-order valence-electron chi connectivity index (χ4n) is 2.38. The summed E-state index contributed by atoms with van der Waals surface area (Å²) in [5, 5.41) is 11.6. The Morgan fingerprint density at radius 2 is 2.24 bits per heavy atom. The standard InChI is InChI=1S/C15H19FN2O3/c1-10-2-3-11(6-13(10)16)7-17-14(19)9-18-5-4-12(8-18)15(20)21/h2-3,6,12H,4-5,7-9H2,1H3,(H,17,19)(H,20,21)/t12-/m0/s1. The lowest BCUT2D eigenvalue weighted by Crippen LogP contribution is -2.36. The van der Waals surface area contributed by atoms with Gasteiger partial charge in [0.25, 0.3) is 0 Å². The van der Waals surface area contributed by atoms with Crippen LogP contribution in [0.1, 0.15) is 17.5 Å². The van der Waals surface area contributed by atoms with Crippen LogP contribution in [-0.4, -0.2) is 41.5 Å². The van der Waals surface area contributed by atoms with Gasteiger partial charge in [-0.05, 0) is 37.1 Å². The number of amides is 1. The number of benzene rings is 1. The predicted molar refractivity (Wildman–Crippen MR) is 75.2 cm³/mol. The molecule has 21 heavy (non-hydrogen) atoms. The van der Waals surface area contributed by atoms with Gasteiger partial charge < -0.3 is 10.4 Å². The van der Waals surface area contributed by atoms with Crippen molar-refractivity contribution in [2.75, 3.05) is 19.6 Å². The maximum absolute atomic E-state index is 13.4. The van der Waals surface area contributed by atoms with Crippen LogP contribution in [0.2, 0.25) is 0 Å². The zero-order valence-electron chi connectivity index (χ0n) is 11.9. The summed E-state index contributed by atoms with van der Waals surface area (Å²) in [6.45, 7) is 3.15. The van der Waals surface area contributed by atoms with Gasteiger partial charge in [-0.15, -0.1) is 0 Å². The molecule has 1 atom stereocenters. The number of aliphatic carboxylic acids is 1. The topological polar surface area (TPSA) is 69.6 Å². The number of nitrogens with one attached hydrogen (secondary N) is 1. The van der Waals surface area contributed by atoms with Gasteiger partial charge >= 0.3 is 5.97 Å². The normalized spacial score (nSPS) is 18.7. The number of halogens is 1. The van der Waals surface area contributed by atoms with Gasteiger partial charge in [0, 0.05) is 13.1 Å². The van der Waals surface area contributed by atoms with Crippen molar-refractivity contribution in [1.82, 2.24) is 10.2 Å². The average molecular weight is 294 g/mol. The van der Waals surface area contributed by atoms with E-state index in [1.165, 1.54) is 6.07 Å². The molecule has 0 bridgehead atoms. The van der Waals surface area contributed by atoms with Crippen LogP contribution in [-0.2, 0) is 16.1 Å². The molecule has 1 aliphatic heterocycles. The van der Waals surface area contributed by atoms with Crippen molar-refractivity contribution >= 4 is 11.9 Å². The van der Waals surface area contributed by atoms with Gasteiger partial charge in [0.15, 0.2) is 0 Å². The monoisotopic (exact) mass is 294 g/mol. The highest BCUT2D eigenvalue weighted by Gasteiger charge is 2.28. The third-order valence-electron chi connectivity index (χ3n) is 3.71. The van der Waals surface area contributed by atoms with Crippen molar-refractivity contribution < 1.29 is 19.1 Å². The molecular formula is C15H19FN2O3. The highest BCUT2D eigenvalue weighted by Crippen LogP contribution is 2.15. The Morgan fingerprint density at radius 1 is 1.48 bits per heavy atom. The summed E-state index contributed by atoms with van der Waals surface area (Å²) in [7, 11) is 0. The van der Waals surface area contributed by atoms with Gasteiger partial charge in [-0.25, -0.2) is 4.39 Å². The van der Waals surface area contributed by atoms with Crippen LogP contribution < -0.4 is 5.32 Å². The van der Waals surface area contributed by atoms with Crippen molar-refractivity contribution in [1.29, 1.82) is 0 Å². The molecule has 2 rings (SSSR count). The third kappa shape index (κ3) is 4.26. The van der Waals surface area contributed by atoms with Gasteiger partial charge in [-0.2, -0.15) is 0 Å². The van der Waals surface area contributed by atoms with Gasteiger partial charge in [0.1, 0.15) is 5.82 Å². The third-order valence-corrected chi connectivity index (χ3v) is 3.71. The predicted octanol–water partition coefficient (Wildman–Crippen LogP) is 1.16. The number of rotatable bonds is 5. The first kappa shape index (κ1) is 15.4. The van der Waals surface area contributed by atoms with Crippen molar-refractivity contribution in [2.24, 2.45) is 5.92 Å². The average Bonchev–Trinajstić information content (AvgIpc) is 2.89. The van der Waals surface area contributed by atoms with E-state index in [1.54, 1.807) is 19.1 Å². The van der Waals surface area contributed by atoms with E-state index in [1.807, 2.05) is 4.90 Å². The molecule has 5 nitrogen and oxygen atoms in total. The number of carboxylic acid groups (broad SMARTS) is 1. The molecule has 2 N–H and O–H groups in total. The molecule has 0 saturated carbocycles. The summed E-state index contributed by atoms with van der Waals surface area (Å²) < 4.78 is 13.4. The quantitative estimate of drug-likeness (QED) is 0.855. The van der Waals surface area contributed by atoms with Crippen molar-refractivity contribution in [2.45, 2.75) is 19.9 Å². The van der Waals surface area contributed by atoms with E-state index >= 15 is 0 Å². The van der Waals surface area contributed by atoms with Crippen LogP contribution in [0.3, 0.4) is 0 Å². The molecule has 0 spiro atoms. The second-order valence-corrected chi connectivity index (χ2v) is 5.42. The van der Waals surface area contributed by atoms with Gasteiger partial charge in [0.2, 0.25) is 5.91 Å². The minimum absolute atomic E-state index is 0.179. The van der Waals surface area contributed by atoms with E-state index in [4.69, 9.17) is 5.11 Å². The summed E-state index contributed by atoms with van der Waals surface area (Å²) in [6.07, 6.45) is 0.575. The van der Waals surface area contributed by atoms with Gasteiger partial charge in [-0.3, -0.25) is 14.5 Å². The molecule has 1 amide bonds. The molecule has 1 aliphatic rings. The maximum atomic E-state index is 13.4. The number of carbonyl (C=O) groups is 2. The van der Waals surface area contributed by atoms with Crippen LogP contribution in [0.4, 0.5) is 4.39 Å². The number of hydrogen-bond donors (Lipinski definition) is 2. The van der Waals surface area contributed by atoms with Crippen LogP contribution in [0.15, 0.2) is 18.2 Å². The first-order valence-corrected chi connectivity index (χ1v) is 6.92. The lowest BCUT2D eigenvalue weighted by atomic mass is 10.1. The minimum atomic E-state index is -0.812. The molecule has 0 aromatic heterocycles. The number of carboxylic acids is 1. The van der Waals surface area contributed by atoms with Crippen LogP contribution in [0.25, 0.3) is 0 Å². The Bertz CT molecular complexity index is 548. The summed E-state index contributed by atoms with van der Waals surface area (Å²) in [5.41, 5.74) is 1.28. The summed E-state index contributed by atoms with van der Waals surface area (Å²) in [4.78, 5) is 24.5. The second-order valence-electron chi connectivity index (χ2n) is 5.42. The number of carbonyl (C=O) groups excluding carboxylic acids is 1. The first-order valence-electron chi connectivity index (χ1n) is 6.92. The lowest BCUT2D eigenvalue weighted by molar-refractivity contribution is -0.141. The highest BCUT2D eigenvalue weighted by atomic mass is 19.1. The maximum Gasteiger partial charge on any atom is 0.307 e. The Kier molecular flexibility index (Phi) is 4.90. The Hall–Kier alpha value is -1.95. The van der Waals surface area contributed by atoms with Gasteiger partial charge in [0.05, 0.1) is 12.5 Å². The zero-order chi connectivity index (χ0) is 15.4. The number of likely N-dealkylation sites (tertiary alicyclic amines) is 1. The number of nitrogens with zero attached hydrogens (tertiary/aromatic N) is 1. The molecule has 0 unspecified atom stereocenters. The van der Waals surface area contributed by atoms with Crippen LogP contribution in [0, 0.1) is 18.7 Å². The Morgan fingerprint density at radius 3 is 2.86 bits per heavy atom. The zero-order valence-corrected chi connectivity index (χ0v) is 11.9. The van der Waals surface area contributed by atoms with Gasteiger partial charge in [-0.1, -0.05) is 12.1 Å². The molecule has 1 saturated heterocycles. The SMILES string of the molecule is Cc1ccc(CNC(=O)CN2CC[C@H](C(=O)O)C2)cc1F. The number of hydrogen-bond acceptors (Lipinski definition) is 3. The van der Waals surface area contributed by atoms with E-state index < -0.39 is 5.97 Å². The summed E-state index contributed by atoms with van der Waals surface area (Å²) in [5.74, 6) is -1.66. The molecular weight excluding hydrogens is 275 g/mol. The second kappa shape index (κ2) is 6.67. The number of aryl methyl sites for hydroxylation is 1. The van der Waals surface area contributed by atoms with E-state index in [0.717, 1.165) is 0 Å². The van der Waals surface area contributed by atoms with Crippen molar-refractivity contribution in [3.63, 3.8) is 0 Å². The Balaban J connectivity index is 1.77. The van der Waals surface area contributed by atoms with E-state index in [9.17, 15) is 14.0 Å². The fourth-order valence-corrected chi connectivity index (χ4v) is 2.38. The fraction of sp³-hybridized carbons (Fsp3) is 0.467. The molecule has 1 fully saturated rings. The highest BCUT2D eigenvalue weighted by molar-refractivity contribution is 5.78. The smallest absolute Gasteiger partial charge is 0.307 e. The molecule has 0 radical (unpaired) electrons. The molecule has 1 heterocycles. The largest absolute Gasteiger partial charge is 0.481 e. The Labute approximate surface area is 122 Å². The molecule has 0 aliphatic carbocycles. The molecule has 114 valence electrons. The van der Waals surface area contributed by atoms with E-state index in [2.05, 4.69) is 5.32 Å². The minimum Gasteiger partial charge on any atom is -0.481 e. The first-order chi connectivity index (χ1) is 9.95. The van der Waals surface area contributed by atoms with Crippen LogP contribution in [0.5, 0.6) is 0 Å². The van der Waals surface area contributed by atoms with Crippen molar-refractivity contribution in [3.8, 4) is 0 Å². The summed E-state index contributed by atoms with van der Waals surface area (Å²) >= 11 is 0.